The lowest BCUT2D eigenvalue weighted by Gasteiger charge is -2.23. The van der Waals surface area contributed by atoms with Crippen LogP contribution >= 0.6 is 12.6 Å². The molecule has 0 heterocycles. The highest BCUT2D eigenvalue weighted by atomic mass is 32.1. The van der Waals surface area contributed by atoms with Gasteiger partial charge in [0, 0.05) is 19.5 Å². The van der Waals surface area contributed by atoms with E-state index in [4.69, 9.17) is 8.85 Å². The molecular weight excluding hydrogens is 188 g/mol. The number of thiol groups is 1. The van der Waals surface area contributed by atoms with Crippen molar-refractivity contribution in [2.75, 3.05) is 14.2 Å². The van der Waals surface area contributed by atoms with E-state index < -0.39 is 8.56 Å². The van der Waals surface area contributed by atoms with Crippen LogP contribution in [0.2, 0.25) is 12.6 Å². The minimum atomic E-state index is -1.83. The Hall–Kier alpha value is 0.487. The topological polar surface area (TPSA) is 18.5 Å². The summed E-state index contributed by atoms with van der Waals surface area (Å²) in [5.41, 5.74) is 0. The highest BCUT2D eigenvalue weighted by molar-refractivity contribution is 7.80. The smallest absolute Gasteiger partial charge is 0.334 e. The Balaban J connectivity index is 3.72. The number of rotatable bonds is 6. The molecule has 0 aromatic carbocycles. The zero-order chi connectivity index (χ0) is 9.61. The van der Waals surface area contributed by atoms with Crippen molar-refractivity contribution in [1.29, 1.82) is 0 Å². The molecule has 74 valence electrons. The third-order valence-corrected chi connectivity index (χ3v) is 5.81. The lowest BCUT2D eigenvalue weighted by Crippen LogP contribution is -2.36. The summed E-state index contributed by atoms with van der Waals surface area (Å²) < 4.78 is 10.7. The molecule has 0 saturated carbocycles. The molecule has 0 fully saturated rings. The second-order valence-corrected chi connectivity index (χ2v) is 7.46. The molecule has 0 aliphatic heterocycles. The zero-order valence-corrected chi connectivity index (χ0v) is 10.4. The maximum atomic E-state index is 5.36. The largest absolute Gasteiger partial charge is 0.398 e. The summed E-state index contributed by atoms with van der Waals surface area (Å²) in [6.07, 6.45) is 2.20. The lowest BCUT2D eigenvalue weighted by atomic mass is 10.3. The Bertz CT molecular complexity index is 118. The van der Waals surface area contributed by atoms with Crippen LogP contribution in [0.15, 0.2) is 0 Å². The summed E-state index contributed by atoms with van der Waals surface area (Å²) in [4.78, 5) is 0. The fourth-order valence-electron chi connectivity index (χ4n) is 0.920. The van der Waals surface area contributed by atoms with Crippen molar-refractivity contribution >= 4 is 21.2 Å². The summed E-state index contributed by atoms with van der Waals surface area (Å²) >= 11 is 4.43. The first kappa shape index (κ1) is 12.5. The molecule has 0 aliphatic carbocycles. The molecule has 0 saturated heterocycles. The SMILES string of the molecule is CCC(S)CC[Si](C)(OC)OC. The second-order valence-electron chi connectivity index (χ2n) is 3.14. The van der Waals surface area contributed by atoms with E-state index >= 15 is 0 Å². The number of hydrogen-bond acceptors (Lipinski definition) is 3. The molecule has 0 aromatic heterocycles. The molecule has 0 aromatic rings. The summed E-state index contributed by atoms with van der Waals surface area (Å²) in [6.45, 7) is 4.24. The van der Waals surface area contributed by atoms with Gasteiger partial charge in [-0.25, -0.2) is 0 Å². The van der Waals surface area contributed by atoms with Gasteiger partial charge in [0.2, 0.25) is 0 Å². The van der Waals surface area contributed by atoms with Crippen LogP contribution in [0.3, 0.4) is 0 Å². The normalized spacial score (nSPS) is 14.8. The first-order valence-corrected chi connectivity index (χ1v) is 7.40. The van der Waals surface area contributed by atoms with Gasteiger partial charge in [-0.15, -0.1) is 0 Å². The van der Waals surface area contributed by atoms with E-state index in [0.29, 0.717) is 5.25 Å². The Morgan fingerprint density at radius 1 is 1.33 bits per heavy atom. The van der Waals surface area contributed by atoms with Crippen molar-refractivity contribution in [3.8, 4) is 0 Å². The van der Waals surface area contributed by atoms with Crippen LogP contribution in [0.1, 0.15) is 19.8 Å². The van der Waals surface area contributed by atoms with E-state index in [2.05, 4.69) is 26.1 Å². The average molecular weight is 208 g/mol. The molecule has 0 spiro atoms. The fraction of sp³-hybridized carbons (Fsp3) is 1.00. The van der Waals surface area contributed by atoms with Gasteiger partial charge in [-0.3, -0.25) is 0 Å². The van der Waals surface area contributed by atoms with Gasteiger partial charge in [0.1, 0.15) is 0 Å². The Kier molecular flexibility index (Phi) is 6.26. The molecule has 1 unspecified atom stereocenters. The van der Waals surface area contributed by atoms with Gasteiger partial charge < -0.3 is 8.85 Å². The van der Waals surface area contributed by atoms with E-state index in [0.717, 1.165) is 18.9 Å². The minimum Gasteiger partial charge on any atom is -0.398 e. The van der Waals surface area contributed by atoms with Gasteiger partial charge in [-0.1, -0.05) is 6.92 Å². The predicted molar refractivity (Wildman–Crippen MR) is 58.1 cm³/mol. The standard InChI is InChI=1S/C8H20O2SSi/c1-5-8(11)6-7-12(4,9-2)10-3/h8,11H,5-7H2,1-4H3. The first-order chi connectivity index (χ1) is 5.58. The molecular formula is C8H20O2SSi. The van der Waals surface area contributed by atoms with Crippen molar-refractivity contribution in [3.63, 3.8) is 0 Å². The predicted octanol–water partition coefficient (Wildman–Crippen LogP) is 2.45. The molecule has 0 bridgehead atoms. The highest BCUT2D eigenvalue weighted by Gasteiger charge is 2.28. The van der Waals surface area contributed by atoms with Crippen molar-refractivity contribution in [2.24, 2.45) is 0 Å². The summed E-state index contributed by atoms with van der Waals surface area (Å²) in [5.74, 6) is 0. The quantitative estimate of drug-likeness (QED) is 0.534. The van der Waals surface area contributed by atoms with Gasteiger partial charge in [0.05, 0.1) is 0 Å². The highest BCUT2D eigenvalue weighted by Crippen LogP contribution is 2.18. The maximum Gasteiger partial charge on any atom is 0.334 e. The molecule has 4 heteroatoms. The van der Waals surface area contributed by atoms with Crippen LogP contribution in [0.5, 0.6) is 0 Å². The van der Waals surface area contributed by atoms with E-state index in [1.165, 1.54) is 0 Å². The molecule has 0 aliphatic rings. The third kappa shape index (κ3) is 4.50. The van der Waals surface area contributed by atoms with Crippen molar-refractivity contribution < 1.29 is 8.85 Å². The zero-order valence-electron chi connectivity index (χ0n) is 8.46. The van der Waals surface area contributed by atoms with E-state index in [-0.39, 0.29) is 0 Å². The van der Waals surface area contributed by atoms with Gasteiger partial charge >= 0.3 is 8.56 Å². The van der Waals surface area contributed by atoms with Gasteiger partial charge in [0.15, 0.2) is 0 Å². The van der Waals surface area contributed by atoms with Crippen molar-refractivity contribution in [2.45, 2.75) is 37.6 Å². The molecule has 0 radical (unpaired) electrons. The molecule has 12 heavy (non-hydrogen) atoms. The van der Waals surface area contributed by atoms with Crippen LogP contribution in [0.4, 0.5) is 0 Å². The summed E-state index contributed by atoms with van der Waals surface area (Å²) in [7, 11) is 1.64. The maximum absolute atomic E-state index is 5.36. The average Bonchev–Trinajstić information content (AvgIpc) is 2.13. The van der Waals surface area contributed by atoms with Crippen LogP contribution in [0.25, 0.3) is 0 Å². The first-order valence-electron chi connectivity index (χ1n) is 4.36. The molecule has 0 N–H and O–H groups in total. The van der Waals surface area contributed by atoms with Crippen molar-refractivity contribution in [3.05, 3.63) is 0 Å². The van der Waals surface area contributed by atoms with Crippen molar-refractivity contribution in [1.82, 2.24) is 0 Å². The van der Waals surface area contributed by atoms with Crippen LogP contribution < -0.4 is 0 Å². The Morgan fingerprint density at radius 2 is 1.83 bits per heavy atom. The monoisotopic (exact) mass is 208 g/mol. The molecule has 1 atom stereocenters. The molecule has 0 rings (SSSR count). The lowest BCUT2D eigenvalue weighted by molar-refractivity contribution is 0.248. The van der Waals surface area contributed by atoms with E-state index in [1.807, 2.05) is 0 Å². The molecule has 0 amide bonds. The fourth-order valence-corrected chi connectivity index (χ4v) is 2.74. The van der Waals surface area contributed by atoms with Crippen LogP contribution in [-0.4, -0.2) is 28.0 Å². The van der Waals surface area contributed by atoms with Gasteiger partial charge in [-0.05, 0) is 25.4 Å². The van der Waals surface area contributed by atoms with E-state index in [1.54, 1.807) is 14.2 Å². The Morgan fingerprint density at radius 3 is 2.17 bits per heavy atom. The second kappa shape index (κ2) is 6.02. The Labute approximate surface area is 82.3 Å². The third-order valence-electron chi connectivity index (χ3n) is 2.27. The van der Waals surface area contributed by atoms with Crippen LogP contribution in [-0.2, 0) is 8.85 Å². The van der Waals surface area contributed by atoms with Crippen LogP contribution in [0, 0.1) is 0 Å². The summed E-state index contributed by atoms with van der Waals surface area (Å²) in [5, 5.41) is 0.488. The summed E-state index contributed by atoms with van der Waals surface area (Å²) in [6, 6.07) is 1.03. The molecule has 2 nitrogen and oxygen atoms in total. The number of hydrogen-bond donors (Lipinski definition) is 1. The minimum absolute atomic E-state index is 0.488. The van der Waals surface area contributed by atoms with Gasteiger partial charge in [0.25, 0.3) is 0 Å². The van der Waals surface area contributed by atoms with E-state index in [9.17, 15) is 0 Å². The van der Waals surface area contributed by atoms with Gasteiger partial charge in [-0.2, -0.15) is 12.6 Å².